The molecule has 0 aliphatic rings. The molecule has 0 saturated heterocycles. The van der Waals surface area contributed by atoms with Crippen LogP contribution in [0.5, 0.6) is 0 Å². The molecule has 1 heterocycles. The largest absolute Gasteiger partial charge is 0.357 e. The summed E-state index contributed by atoms with van der Waals surface area (Å²) >= 11 is 5.93. The summed E-state index contributed by atoms with van der Waals surface area (Å²) in [5.74, 6) is 0.360. The van der Waals surface area contributed by atoms with Crippen LogP contribution >= 0.6 is 11.6 Å². The first-order valence-corrected chi connectivity index (χ1v) is 6.97. The number of nitrogens with zero attached hydrogens (tertiary/aromatic N) is 2. The fraction of sp³-hybridized carbons (Fsp3) is 0.357. The fourth-order valence-electron chi connectivity index (χ4n) is 1.85. The molecule has 0 saturated carbocycles. The second-order valence-electron chi connectivity index (χ2n) is 4.91. The highest BCUT2D eigenvalue weighted by atomic mass is 35.5. The Balaban J connectivity index is 2.18. The Hall–Kier alpha value is -2.08. The Morgan fingerprint density at radius 3 is 2.76 bits per heavy atom. The maximum absolute atomic E-state index is 11.8. The highest BCUT2D eigenvalue weighted by Gasteiger charge is 2.23. The number of rotatable bonds is 5. The van der Waals surface area contributed by atoms with Gasteiger partial charge in [-0.3, -0.25) is 4.79 Å². The molecule has 2 rings (SSSR count). The number of halogens is 1. The number of carbonyl (C=O) groups excluding carboxylic acids is 1. The first-order valence-electron chi connectivity index (χ1n) is 6.59. The summed E-state index contributed by atoms with van der Waals surface area (Å²) in [5, 5.41) is 10.0. The van der Waals surface area contributed by atoms with Crippen molar-refractivity contribution < 1.29 is 9.32 Å². The maximum atomic E-state index is 11.8. The number of likely N-dealkylation sites (N-methyl/N-ethyl adjacent to an activating group) is 1. The molecule has 2 N–H and O–H groups in total. The third kappa shape index (κ3) is 3.72. The molecule has 1 amide bonds. The van der Waals surface area contributed by atoms with Crippen molar-refractivity contribution in [2.24, 2.45) is 5.92 Å². The van der Waals surface area contributed by atoms with E-state index in [4.69, 9.17) is 16.1 Å². The number of hydrogen-bond acceptors (Lipinski definition) is 5. The van der Waals surface area contributed by atoms with E-state index in [2.05, 4.69) is 20.8 Å². The molecule has 6 nitrogen and oxygen atoms in total. The topological polar surface area (TPSA) is 80.0 Å². The molecule has 0 spiro atoms. The van der Waals surface area contributed by atoms with Crippen LogP contribution in [0, 0.1) is 5.92 Å². The summed E-state index contributed by atoms with van der Waals surface area (Å²) in [7, 11) is 1.59. The predicted molar refractivity (Wildman–Crippen MR) is 81.1 cm³/mol. The molecule has 112 valence electrons. The molecule has 21 heavy (non-hydrogen) atoms. The van der Waals surface area contributed by atoms with Crippen molar-refractivity contribution in [1.82, 2.24) is 15.5 Å². The lowest BCUT2D eigenvalue weighted by atomic mass is 10.0. The van der Waals surface area contributed by atoms with Crippen molar-refractivity contribution in [2.45, 2.75) is 19.9 Å². The van der Waals surface area contributed by atoms with Crippen molar-refractivity contribution in [3.8, 4) is 11.4 Å². The average Bonchev–Trinajstić information content (AvgIpc) is 2.92. The zero-order valence-corrected chi connectivity index (χ0v) is 12.8. The number of amides is 1. The summed E-state index contributed by atoms with van der Waals surface area (Å²) in [6.45, 7) is 3.86. The van der Waals surface area contributed by atoms with Gasteiger partial charge in [0.1, 0.15) is 6.04 Å². The van der Waals surface area contributed by atoms with Gasteiger partial charge in [0.25, 0.3) is 0 Å². The lowest BCUT2D eigenvalue weighted by Gasteiger charge is -2.18. The lowest BCUT2D eigenvalue weighted by Crippen LogP contribution is -2.41. The number of benzene rings is 1. The smallest absolute Gasteiger partial charge is 0.322 e. The first kappa shape index (κ1) is 15.3. The zero-order chi connectivity index (χ0) is 15.4. The number of carbonyl (C=O) groups is 1. The highest BCUT2D eigenvalue weighted by Crippen LogP contribution is 2.21. The summed E-state index contributed by atoms with van der Waals surface area (Å²) in [4.78, 5) is 16.0. The number of aromatic nitrogens is 2. The monoisotopic (exact) mass is 308 g/mol. The van der Waals surface area contributed by atoms with Gasteiger partial charge in [-0.25, -0.2) is 0 Å². The molecule has 0 aliphatic carbocycles. The Kier molecular flexibility index (Phi) is 4.80. The van der Waals surface area contributed by atoms with Crippen molar-refractivity contribution in [3.63, 3.8) is 0 Å². The molecular formula is C14H17ClN4O2. The fourth-order valence-corrected chi connectivity index (χ4v) is 2.04. The summed E-state index contributed by atoms with van der Waals surface area (Å²) in [6.07, 6.45) is 0. The molecule has 1 atom stereocenters. The SMILES string of the molecule is CNC(=O)C(Nc1nc(-c2cccc(Cl)c2)no1)C(C)C. The van der Waals surface area contributed by atoms with E-state index in [1.54, 1.807) is 19.2 Å². The van der Waals surface area contributed by atoms with Gasteiger partial charge in [-0.15, -0.1) is 0 Å². The molecule has 0 bridgehead atoms. The Bertz CT molecular complexity index is 627. The Labute approximate surface area is 127 Å². The second kappa shape index (κ2) is 6.58. The van der Waals surface area contributed by atoms with E-state index in [1.807, 2.05) is 26.0 Å². The molecule has 1 aromatic heterocycles. The first-order chi connectivity index (χ1) is 10.0. The number of anilines is 1. The number of hydrogen-bond donors (Lipinski definition) is 2. The van der Waals surface area contributed by atoms with E-state index in [9.17, 15) is 4.79 Å². The van der Waals surface area contributed by atoms with Crippen LogP contribution in [0.2, 0.25) is 5.02 Å². The maximum Gasteiger partial charge on any atom is 0.322 e. The molecule has 0 radical (unpaired) electrons. The number of nitrogens with one attached hydrogen (secondary N) is 2. The van der Waals surface area contributed by atoms with E-state index < -0.39 is 6.04 Å². The van der Waals surface area contributed by atoms with Crippen LogP contribution in [0.3, 0.4) is 0 Å². The lowest BCUT2D eigenvalue weighted by molar-refractivity contribution is -0.122. The van der Waals surface area contributed by atoms with E-state index in [-0.39, 0.29) is 17.8 Å². The predicted octanol–water partition coefficient (Wildman–Crippen LogP) is 2.57. The average molecular weight is 309 g/mol. The van der Waals surface area contributed by atoms with Crippen LogP contribution in [0.1, 0.15) is 13.8 Å². The summed E-state index contributed by atoms with van der Waals surface area (Å²) in [5.41, 5.74) is 0.750. The van der Waals surface area contributed by atoms with Gasteiger partial charge in [-0.05, 0) is 18.1 Å². The van der Waals surface area contributed by atoms with Crippen LogP contribution in [-0.2, 0) is 4.79 Å². The molecule has 1 aromatic carbocycles. The van der Waals surface area contributed by atoms with Gasteiger partial charge in [-0.2, -0.15) is 4.98 Å². The highest BCUT2D eigenvalue weighted by molar-refractivity contribution is 6.30. The van der Waals surface area contributed by atoms with Gasteiger partial charge in [0.2, 0.25) is 11.7 Å². The Morgan fingerprint density at radius 2 is 2.14 bits per heavy atom. The van der Waals surface area contributed by atoms with Crippen LogP contribution in [-0.4, -0.2) is 29.1 Å². The van der Waals surface area contributed by atoms with E-state index in [1.165, 1.54) is 0 Å². The van der Waals surface area contributed by atoms with E-state index >= 15 is 0 Å². The quantitative estimate of drug-likeness (QED) is 0.887. The minimum absolute atomic E-state index is 0.0754. The minimum atomic E-state index is -0.442. The van der Waals surface area contributed by atoms with Gasteiger partial charge in [-0.1, -0.05) is 42.7 Å². The molecular weight excluding hydrogens is 292 g/mol. The van der Waals surface area contributed by atoms with Crippen LogP contribution in [0.4, 0.5) is 6.01 Å². The van der Waals surface area contributed by atoms with E-state index in [0.29, 0.717) is 10.8 Å². The standard InChI is InChI=1S/C14H17ClN4O2/c1-8(2)11(13(20)16-3)17-14-18-12(19-21-14)9-5-4-6-10(15)7-9/h4-8,11H,1-3H3,(H,16,20)(H,17,18,19). The van der Waals surface area contributed by atoms with Gasteiger partial charge < -0.3 is 15.2 Å². The minimum Gasteiger partial charge on any atom is -0.357 e. The summed E-state index contributed by atoms with van der Waals surface area (Å²) in [6, 6.07) is 6.91. The van der Waals surface area contributed by atoms with Gasteiger partial charge in [0.15, 0.2) is 0 Å². The summed E-state index contributed by atoms with van der Waals surface area (Å²) < 4.78 is 5.14. The molecule has 0 aliphatic heterocycles. The van der Waals surface area contributed by atoms with Crippen molar-refractivity contribution in [2.75, 3.05) is 12.4 Å². The zero-order valence-electron chi connectivity index (χ0n) is 12.1. The molecule has 7 heteroatoms. The second-order valence-corrected chi connectivity index (χ2v) is 5.35. The third-order valence-electron chi connectivity index (χ3n) is 2.98. The van der Waals surface area contributed by atoms with Crippen molar-refractivity contribution in [3.05, 3.63) is 29.3 Å². The molecule has 2 aromatic rings. The van der Waals surface area contributed by atoms with Crippen LogP contribution in [0.15, 0.2) is 28.8 Å². The van der Waals surface area contributed by atoms with Crippen molar-refractivity contribution >= 4 is 23.5 Å². The normalized spacial score (nSPS) is 12.2. The van der Waals surface area contributed by atoms with Gasteiger partial charge in [0, 0.05) is 17.6 Å². The van der Waals surface area contributed by atoms with Crippen molar-refractivity contribution in [1.29, 1.82) is 0 Å². The van der Waals surface area contributed by atoms with Crippen LogP contribution < -0.4 is 10.6 Å². The van der Waals surface area contributed by atoms with Gasteiger partial charge >= 0.3 is 6.01 Å². The molecule has 1 unspecified atom stereocenters. The van der Waals surface area contributed by atoms with Gasteiger partial charge in [0.05, 0.1) is 0 Å². The third-order valence-corrected chi connectivity index (χ3v) is 3.22. The Morgan fingerprint density at radius 1 is 1.38 bits per heavy atom. The molecule has 0 fully saturated rings. The van der Waals surface area contributed by atoms with E-state index in [0.717, 1.165) is 5.56 Å². The van der Waals surface area contributed by atoms with Crippen LogP contribution in [0.25, 0.3) is 11.4 Å².